The molecule has 180 valence electrons. The van der Waals surface area contributed by atoms with E-state index in [-0.39, 0.29) is 12.6 Å². The van der Waals surface area contributed by atoms with Gasteiger partial charge in [0.2, 0.25) is 0 Å². The molecule has 0 aromatic heterocycles. The average molecular weight is 464 g/mol. The predicted octanol–water partition coefficient (Wildman–Crippen LogP) is 4.62. The number of nitrogens with zero attached hydrogens (tertiary/aromatic N) is 1. The van der Waals surface area contributed by atoms with Crippen molar-refractivity contribution in [1.29, 1.82) is 0 Å². The summed E-state index contributed by atoms with van der Waals surface area (Å²) in [6.07, 6.45) is -1.32. The average Bonchev–Trinajstić information content (AvgIpc) is 2.85. The van der Waals surface area contributed by atoms with Crippen LogP contribution in [0.3, 0.4) is 0 Å². The van der Waals surface area contributed by atoms with Gasteiger partial charge in [-0.05, 0) is 35.6 Å². The SMILES string of the molecule is C[C@H](Cc1ccc(CCOC(=O)O)cc1)N(C[C@H](O)c1ccccc1)C[C@H](O)c1ccccc1. The van der Waals surface area contributed by atoms with Gasteiger partial charge >= 0.3 is 6.16 Å². The smallest absolute Gasteiger partial charge is 0.450 e. The molecule has 0 aliphatic carbocycles. The number of carboxylic acid groups (broad SMARTS) is 1. The minimum Gasteiger partial charge on any atom is -0.450 e. The third-order valence-corrected chi connectivity index (χ3v) is 5.98. The van der Waals surface area contributed by atoms with Crippen molar-refractivity contribution in [3.05, 3.63) is 107 Å². The first-order valence-corrected chi connectivity index (χ1v) is 11.6. The molecule has 6 heteroatoms. The van der Waals surface area contributed by atoms with Crippen molar-refractivity contribution in [2.24, 2.45) is 0 Å². The quantitative estimate of drug-likeness (QED) is 0.340. The number of aliphatic hydroxyl groups excluding tert-OH is 2. The van der Waals surface area contributed by atoms with Gasteiger partial charge in [0.1, 0.15) is 0 Å². The summed E-state index contributed by atoms with van der Waals surface area (Å²) in [5.41, 5.74) is 3.83. The van der Waals surface area contributed by atoms with E-state index in [0.29, 0.717) is 19.5 Å². The van der Waals surface area contributed by atoms with Crippen LogP contribution in [0, 0.1) is 0 Å². The van der Waals surface area contributed by atoms with Crippen LogP contribution >= 0.6 is 0 Å². The monoisotopic (exact) mass is 463 g/mol. The van der Waals surface area contributed by atoms with Crippen molar-refractivity contribution in [1.82, 2.24) is 4.90 Å². The summed E-state index contributed by atoms with van der Waals surface area (Å²) in [5, 5.41) is 30.3. The van der Waals surface area contributed by atoms with Crippen molar-refractivity contribution in [3.8, 4) is 0 Å². The lowest BCUT2D eigenvalue weighted by Crippen LogP contribution is -2.40. The first-order chi connectivity index (χ1) is 16.4. The molecule has 3 rings (SSSR count). The molecule has 0 bridgehead atoms. The Balaban J connectivity index is 1.67. The number of benzene rings is 3. The molecule has 6 nitrogen and oxygen atoms in total. The molecule has 0 fully saturated rings. The van der Waals surface area contributed by atoms with Crippen molar-refractivity contribution in [3.63, 3.8) is 0 Å². The highest BCUT2D eigenvalue weighted by Crippen LogP contribution is 2.21. The Labute approximate surface area is 201 Å². The van der Waals surface area contributed by atoms with Gasteiger partial charge in [0.15, 0.2) is 0 Å². The highest BCUT2D eigenvalue weighted by atomic mass is 16.7. The van der Waals surface area contributed by atoms with Gasteiger partial charge in [0.25, 0.3) is 0 Å². The number of hydrogen-bond acceptors (Lipinski definition) is 5. The molecule has 0 unspecified atom stereocenters. The third-order valence-electron chi connectivity index (χ3n) is 5.98. The number of hydrogen-bond donors (Lipinski definition) is 3. The van der Waals surface area contributed by atoms with Crippen LogP contribution in [0.2, 0.25) is 0 Å². The maximum absolute atomic E-state index is 10.9. The molecule has 34 heavy (non-hydrogen) atoms. The summed E-state index contributed by atoms with van der Waals surface area (Å²) in [6, 6.07) is 27.2. The van der Waals surface area contributed by atoms with Crippen LogP contribution in [0.25, 0.3) is 0 Å². The first kappa shape index (κ1) is 25.4. The summed E-state index contributed by atoms with van der Waals surface area (Å²) in [7, 11) is 0. The maximum Gasteiger partial charge on any atom is 0.505 e. The molecular formula is C28H33NO5. The fourth-order valence-electron chi connectivity index (χ4n) is 4.01. The van der Waals surface area contributed by atoms with Crippen molar-refractivity contribution >= 4 is 6.16 Å². The second-order valence-electron chi connectivity index (χ2n) is 8.54. The molecular weight excluding hydrogens is 430 g/mol. The second-order valence-corrected chi connectivity index (χ2v) is 8.54. The Morgan fingerprint density at radius 1 is 0.794 bits per heavy atom. The Morgan fingerprint density at radius 3 is 1.74 bits per heavy atom. The topological polar surface area (TPSA) is 90.2 Å². The molecule has 0 saturated heterocycles. The van der Waals surface area contributed by atoms with E-state index in [1.807, 2.05) is 84.9 Å². The summed E-state index contributed by atoms with van der Waals surface area (Å²) in [4.78, 5) is 12.6. The van der Waals surface area contributed by atoms with Crippen molar-refractivity contribution in [2.75, 3.05) is 19.7 Å². The van der Waals surface area contributed by atoms with Crippen LogP contribution in [-0.4, -0.2) is 52.1 Å². The summed E-state index contributed by atoms with van der Waals surface area (Å²) >= 11 is 0. The van der Waals surface area contributed by atoms with Gasteiger partial charge in [-0.25, -0.2) is 4.79 Å². The van der Waals surface area contributed by atoms with Crippen LogP contribution in [0.15, 0.2) is 84.9 Å². The van der Waals surface area contributed by atoms with Crippen LogP contribution in [0.5, 0.6) is 0 Å². The van der Waals surface area contributed by atoms with Gasteiger partial charge in [0.05, 0.1) is 18.8 Å². The maximum atomic E-state index is 10.9. The standard InChI is InChI=1S/C28H33NO5/c1-21(18-23-14-12-22(13-15-23)16-17-34-28(32)33)29(19-26(30)24-8-4-2-5-9-24)20-27(31)25-10-6-3-7-11-25/h2-15,21,26-27,30-31H,16-20H2,1H3,(H,32,33)/t21-,26+,27+/m1/s1. The van der Waals surface area contributed by atoms with Gasteiger partial charge in [-0.15, -0.1) is 0 Å². The fourth-order valence-corrected chi connectivity index (χ4v) is 4.01. The van der Waals surface area contributed by atoms with E-state index < -0.39 is 18.4 Å². The Morgan fingerprint density at radius 2 is 1.26 bits per heavy atom. The number of carbonyl (C=O) groups is 1. The van der Waals surface area contributed by atoms with Gasteiger partial charge in [0, 0.05) is 25.6 Å². The molecule has 0 radical (unpaired) electrons. The van der Waals surface area contributed by atoms with Crippen LogP contribution in [0.1, 0.15) is 41.4 Å². The molecule has 3 aromatic rings. The molecule has 0 spiro atoms. The molecule has 0 aliphatic rings. The van der Waals surface area contributed by atoms with Crippen molar-refractivity contribution in [2.45, 2.75) is 38.0 Å². The number of ether oxygens (including phenoxy) is 1. The molecule has 3 aromatic carbocycles. The normalized spacial score (nSPS) is 13.9. The number of aliphatic hydroxyl groups is 2. The Bertz CT molecular complexity index is 947. The van der Waals surface area contributed by atoms with Gasteiger partial charge < -0.3 is 20.1 Å². The van der Waals surface area contributed by atoms with E-state index in [4.69, 9.17) is 5.11 Å². The lowest BCUT2D eigenvalue weighted by molar-refractivity contribution is 0.0480. The lowest BCUT2D eigenvalue weighted by atomic mass is 10.0. The van der Waals surface area contributed by atoms with Crippen LogP contribution in [0.4, 0.5) is 4.79 Å². The molecule has 0 aliphatic heterocycles. The van der Waals surface area contributed by atoms with Gasteiger partial charge in [-0.1, -0.05) is 84.9 Å². The third kappa shape index (κ3) is 7.99. The molecule has 3 N–H and O–H groups in total. The molecule has 0 saturated carbocycles. The van der Waals surface area contributed by atoms with E-state index >= 15 is 0 Å². The summed E-state index contributed by atoms with van der Waals surface area (Å²) < 4.78 is 4.58. The lowest BCUT2D eigenvalue weighted by Gasteiger charge is -2.33. The van der Waals surface area contributed by atoms with E-state index in [1.54, 1.807) is 0 Å². The second kappa shape index (κ2) is 12.9. The van der Waals surface area contributed by atoms with Crippen molar-refractivity contribution < 1.29 is 24.9 Å². The Kier molecular flexibility index (Phi) is 9.64. The highest BCUT2D eigenvalue weighted by Gasteiger charge is 2.22. The number of rotatable bonds is 12. The summed E-state index contributed by atoms with van der Waals surface area (Å²) in [5.74, 6) is 0. The zero-order chi connectivity index (χ0) is 24.3. The summed E-state index contributed by atoms with van der Waals surface area (Å²) in [6.45, 7) is 3.04. The molecule has 3 atom stereocenters. The molecule has 0 amide bonds. The first-order valence-electron chi connectivity index (χ1n) is 11.6. The van der Waals surface area contributed by atoms with E-state index in [9.17, 15) is 15.0 Å². The minimum atomic E-state index is -1.26. The van der Waals surface area contributed by atoms with E-state index in [0.717, 1.165) is 28.7 Å². The Hall–Kier alpha value is -3.19. The largest absolute Gasteiger partial charge is 0.505 e. The zero-order valence-electron chi connectivity index (χ0n) is 19.5. The van der Waals surface area contributed by atoms with Crippen LogP contribution < -0.4 is 0 Å². The van der Waals surface area contributed by atoms with E-state index in [1.165, 1.54) is 0 Å². The fraction of sp³-hybridized carbons (Fsp3) is 0.321. The highest BCUT2D eigenvalue weighted by molar-refractivity contribution is 5.56. The molecule has 0 heterocycles. The van der Waals surface area contributed by atoms with E-state index in [2.05, 4.69) is 16.6 Å². The van der Waals surface area contributed by atoms with Gasteiger partial charge in [-0.3, -0.25) is 4.90 Å². The minimum absolute atomic E-state index is 0.0675. The van der Waals surface area contributed by atoms with Gasteiger partial charge in [-0.2, -0.15) is 0 Å². The zero-order valence-corrected chi connectivity index (χ0v) is 19.5. The van der Waals surface area contributed by atoms with Crippen LogP contribution in [-0.2, 0) is 17.6 Å². The predicted molar refractivity (Wildman–Crippen MR) is 132 cm³/mol.